The molecule has 2 saturated heterocycles. The molecule has 10 heteroatoms. The van der Waals surface area contributed by atoms with E-state index in [4.69, 9.17) is 4.42 Å². The van der Waals surface area contributed by atoms with Crippen molar-refractivity contribution in [3.8, 4) is 0 Å². The molecule has 1 saturated carbocycles. The first kappa shape index (κ1) is 28.8. The molecule has 2 aliphatic heterocycles. The molecule has 6 rings (SSSR count). The van der Waals surface area contributed by atoms with Gasteiger partial charge in [-0.2, -0.15) is 0 Å². The van der Waals surface area contributed by atoms with E-state index in [0.717, 1.165) is 57.7 Å². The lowest BCUT2D eigenvalue weighted by Gasteiger charge is -2.38. The standard InChI is InChI=1S/C33H40N6O4/c1-22-6-3-4-7-28(22)37-16-18-38(19-17-37)29-12-11-25(31(41)34-14-13-23(2)39-15-5-8-30(39)40)20-26(29)35-32(42)27-21-43-33(36-27)24-9-10-24/h3-4,6-7,11-12,20-21,23-24H,5,8-10,13-19H2,1-2H3,(H,34,41)(H,35,42). The van der Waals surface area contributed by atoms with E-state index in [2.05, 4.69) is 56.6 Å². The highest BCUT2D eigenvalue weighted by Gasteiger charge is 2.30. The Labute approximate surface area is 252 Å². The molecular weight excluding hydrogens is 544 g/mol. The molecule has 2 aromatic carbocycles. The van der Waals surface area contributed by atoms with Gasteiger partial charge in [-0.1, -0.05) is 18.2 Å². The summed E-state index contributed by atoms with van der Waals surface area (Å²) in [7, 11) is 0. The van der Waals surface area contributed by atoms with Crippen LogP contribution in [0.15, 0.2) is 53.1 Å². The van der Waals surface area contributed by atoms with Gasteiger partial charge in [-0.05, 0) is 69.4 Å². The number of anilines is 3. The number of rotatable bonds is 10. The molecule has 1 unspecified atom stereocenters. The Morgan fingerprint density at radius 2 is 1.74 bits per heavy atom. The summed E-state index contributed by atoms with van der Waals surface area (Å²) in [6.45, 7) is 8.61. The molecule has 1 aliphatic carbocycles. The van der Waals surface area contributed by atoms with Crippen LogP contribution in [0.1, 0.15) is 77.2 Å². The number of nitrogens with zero attached hydrogens (tertiary/aromatic N) is 4. The number of benzene rings is 2. The van der Waals surface area contributed by atoms with Gasteiger partial charge in [0.15, 0.2) is 11.6 Å². The maximum absolute atomic E-state index is 13.3. The van der Waals surface area contributed by atoms with Crippen molar-refractivity contribution >= 4 is 34.8 Å². The zero-order chi connectivity index (χ0) is 29.9. The highest BCUT2D eigenvalue weighted by Crippen LogP contribution is 2.39. The van der Waals surface area contributed by atoms with Gasteiger partial charge >= 0.3 is 0 Å². The highest BCUT2D eigenvalue weighted by molar-refractivity contribution is 6.06. The normalized spacial score (nSPS) is 17.7. The molecule has 10 nitrogen and oxygen atoms in total. The van der Waals surface area contributed by atoms with E-state index >= 15 is 0 Å². The van der Waals surface area contributed by atoms with Crippen molar-refractivity contribution in [2.45, 2.75) is 57.9 Å². The molecule has 2 N–H and O–H groups in total. The number of oxazole rings is 1. The van der Waals surface area contributed by atoms with Gasteiger partial charge in [-0.3, -0.25) is 14.4 Å². The van der Waals surface area contributed by atoms with E-state index in [0.29, 0.717) is 42.4 Å². The van der Waals surface area contributed by atoms with Crippen LogP contribution in [-0.2, 0) is 4.79 Å². The molecule has 0 radical (unpaired) electrons. The van der Waals surface area contributed by atoms with Crippen molar-refractivity contribution in [3.63, 3.8) is 0 Å². The van der Waals surface area contributed by atoms with Crippen molar-refractivity contribution in [1.29, 1.82) is 0 Å². The minimum Gasteiger partial charge on any atom is -0.448 e. The number of amides is 3. The van der Waals surface area contributed by atoms with Crippen LogP contribution in [0.3, 0.4) is 0 Å². The number of carbonyl (C=O) groups excluding carboxylic acids is 3. The minimum atomic E-state index is -0.364. The van der Waals surface area contributed by atoms with Gasteiger partial charge in [0.25, 0.3) is 11.8 Å². The monoisotopic (exact) mass is 584 g/mol. The number of carbonyl (C=O) groups is 3. The summed E-state index contributed by atoms with van der Waals surface area (Å²) in [5, 5.41) is 6.01. The summed E-state index contributed by atoms with van der Waals surface area (Å²) in [6.07, 6.45) is 5.66. The second-order valence-electron chi connectivity index (χ2n) is 11.9. The Kier molecular flexibility index (Phi) is 8.35. The van der Waals surface area contributed by atoms with E-state index < -0.39 is 0 Å². The largest absolute Gasteiger partial charge is 0.448 e. The van der Waals surface area contributed by atoms with Crippen LogP contribution in [0.5, 0.6) is 0 Å². The lowest BCUT2D eigenvalue weighted by Crippen LogP contribution is -2.47. The molecule has 0 spiro atoms. The van der Waals surface area contributed by atoms with Crippen LogP contribution in [0.25, 0.3) is 0 Å². The Morgan fingerprint density at radius 1 is 1.00 bits per heavy atom. The van der Waals surface area contributed by atoms with Gasteiger partial charge in [0, 0.05) is 68.9 Å². The quantitative estimate of drug-likeness (QED) is 0.359. The average Bonchev–Trinajstić information content (AvgIpc) is 3.57. The molecule has 3 aliphatic rings. The first-order valence-corrected chi connectivity index (χ1v) is 15.4. The number of hydrogen-bond acceptors (Lipinski definition) is 7. The number of nitrogens with one attached hydrogen (secondary N) is 2. The van der Waals surface area contributed by atoms with Crippen LogP contribution < -0.4 is 20.4 Å². The zero-order valence-corrected chi connectivity index (χ0v) is 25.0. The Balaban J connectivity index is 1.16. The fourth-order valence-corrected chi connectivity index (χ4v) is 6.04. The van der Waals surface area contributed by atoms with Gasteiger partial charge in [0.05, 0.1) is 11.4 Å². The summed E-state index contributed by atoms with van der Waals surface area (Å²) in [4.78, 5) is 49.4. The maximum atomic E-state index is 13.3. The average molecular weight is 585 g/mol. The lowest BCUT2D eigenvalue weighted by molar-refractivity contribution is -0.129. The fourth-order valence-electron chi connectivity index (χ4n) is 6.04. The van der Waals surface area contributed by atoms with Crippen LogP contribution in [-0.4, -0.2) is 72.9 Å². The molecule has 3 fully saturated rings. The molecule has 3 amide bonds. The molecule has 3 heterocycles. The number of piperazine rings is 1. The third-order valence-corrected chi connectivity index (χ3v) is 8.75. The second-order valence-corrected chi connectivity index (χ2v) is 11.9. The summed E-state index contributed by atoms with van der Waals surface area (Å²) >= 11 is 0. The summed E-state index contributed by atoms with van der Waals surface area (Å²) in [5.74, 6) is 0.516. The van der Waals surface area contributed by atoms with Crippen molar-refractivity contribution in [2.75, 3.05) is 54.4 Å². The predicted molar refractivity (Wildman–Crippen MR) is 166 cm³/mol. The van der Waals surface area contributed by atoms with Crippen molar-refractivity contribution in [2.24, 2.45) is 0 Å². The fraction of sp³-hybridized carbons (Fsp3) is 0.455. The van der Waals surface area contributed by atoms with Crippen LogP contribution in [0, 0.1) is 6.92 Å². The molecule has 3 aromatic rings. The Bertz CT molecular complexity index is 1490. The van der Waals surface area contributed by atoms with Gasteiger partial charge in [-0.25, -0.2) is 4.98 Å². The molecular formula is C33H40N6O4. The number of hydrogen-bond donors (Lipinski definition) is 2. The van der Waals surface area contributed by atoms with Crippen molar-refractivity contribution < 1.29 is 18.8 Å². The van der Waals surface area contributed by atoms with Crippen LogP contribution in [0.4, 0.5) is 17.1 Å². The van der Waals surface area contributed by atoms with E-state index in [1.54, 1.807) is 6.07 Å². The summed E-state index contributed by atoms with van der Waals surface area (Å²) < 4.78 is 5.55. The summed E-state index contributed by atoms with van der Waals surface area (Å²) in [6, 6.07) is 13.9. The first-order chi connectivity index (χ1) is 20.9. The van der Waals surface area contributed by atoms with Gasteiger partial charge in [0.2, 0.25) is 5.91 Å². The predicted octanol–water partition coefficient (Wildman–Crippen LogP) is 4.57. The third-order valence-electron chi connectivity index (χ3n) is 8.75. The molecule has 1 aromatic heterocycles. The summed E-state index contributed by atoms with van der Waals surface area (Å²) in [5.41, 5.74) is 4.61. The van der Waals surface area contributed by atoms with Gasteiger partial charge in [-0.15, -0.1) is 0 Å². The van der Waals surface area contributed by atoms with Gasteiger partial charge < -0.3 is 29.8 Å². The Hall–Kier alpha value is -4.34. The number of aromatic nitrogens is 1. The van der Waals surface area contributed by atoms with E-state index in [-0.39, 0.29) is 29.5 Å². The van der Waals surface area contributed by atoms with Crippen molar-refractivity contribution in [3.05, 3.63) is 71.4 Å². The third kappa shape index (κ3) is 6.53. The molecule has 1 atom stereocenters. The smallest absolute Gasteiger partial charge is 0.277 e. The van der Waals surface area contributed by atoms with E-state index in [1.807, 2.05) is 24.0 Å². The number of likely N-dealkylation sites (tertiary alicyclic amines) is 1. The Morgan fingerprint density at radius 3 is 2.44 bits per heavy atom. The van der Waals surface area contributed by atoms with Gasteiger partial charge in [0.1, 0.15) is 6.26 Å². The zero-order valence-electron chi connectivity index (χ0n) is 25.0. The highest BCUT2D eigenvalue weighted by atomic mass is 16.3. The van der Waals surface area contributed by atoms with Crippen LogP contribution >= 0.6 is 0 Å². The van der Waals surface area contributed by atoms with E-state index in [1.165, 1.54) is 17.5 Å². The number of para-hydroxylation sites is 1. The van der Waals surface area contributed by atoms with Crippen LogP contribution in [0.2, 0.25) is 0 Å². The molecule has 0 bridgehead atoms. The first-order valence-electron chi connectivity index (χ1n) is 15.4. The minimum absolute atomic E-state index is 0.0776. The van der Waals surface area contributed by atoms with E-state index in [9.17, 15) is 14.4 Å². The second kappa shape index (κ2) is 12.5. The molecule has 43 heavy (non-hydrogen) atoms. The molecule has 226 valence electrons. The topological polar surface area (TPSA) is 111 Å². The maximum Gasteiger partial charge on any atom is 0.277 e. The number of aryl methyl sites for hydroxylation is 1. The SMILES string of the molecule is Cc1ccccc1N1CCN(c2ccc(C(=O)NCCC(C)N3CCCC3=O)cc2NC(=O)c2coc(C3CC3)n2)CC1. The lowest BCUT2D eigenvalue weighted by atomic mass is 10.1. The van der Waals surface area contributed by atoms with Crippen molar-refractivity contribution in [1.82, 2.24) is 15.2 Å².